The Morgan fingerprint density at radius 2 is 1.97 bits per heavy atom. The number of ether oxygens (including phenoxy) is 2. The van der Waals surface area contributed by atoms with Gasteiger partial charge in [-0.25, -0.2) is 15.0 Å². The van der Waals surface area contributed by atoms with E-state index in [1.165, 1.54) is 17.7 Å². The van der Waals surface area contributed by atoms with Gasteiger partial charge in [0.1, 0.15) is 24.5 Å². The molecule has 0 fully saturated rings. The zero-order valence-electron chi connectivity index (χ0n) is 19.3. The highest BCUT2D eigenvalue weighted by Crippen LogP contribution is 2.39. The molecular formula is C26H30N4O2. The molecule has 0 radical (unpaired) electrons. The Bertz CT molecular complexity index is 1160. The van der Waals surface area contributed by atoms with Crippen LogP contribution in [0.4, 0.5) is 5.82 Å². The molecule has 2 aliphatic rings. The predicted molar refractivity (Wildman–Crippen MR) is 125 cm³/mol. The summed E-state index contributed by atoms with van der Waals surface area (Å²) in [5.74, 6) is 2.67. The Labute approximate surface area is 189 Å². The van der Waals surface area contributed by atoms with Gasteiger partial charge in [-0.2, -0.15) is 0 Å². The van der Waals surface area contributed by atoms with Crippen molar-refractivity contribution in [1.82, 2.24) is 15.0 Å². The zero-order chi connectivity index (χ0) is 22.3. The molecule has 3 aromatic rings. The van der Waals surface area contributed by atoms with E-state index >= 15 is 0 Å². The molecule has 3 heterocycles. The third kappa shape index (κ3) is 3.90. The van der Waals surface area contributed by atoms with Crippen molar-refractivity contribution in [1.29, 1.82) is 0 Å². The monoisotopic (exact) mass is 430 g/mol. The van der Waals surface area contributed by atoms with Crippen molar-refractivity contribution in [3.63, 3.8) is 0 Å². The van der Waals surface area contributed by atoms with Crippen molar-refractivity contribution >= 4 is 5.82 Å². The lowest BCUT2D eigenvalue weighted by molar-refractivity contribution is 0.310. The first-order chi connectivity index (χ1) is 15.4. The number of hydrogen-bond acceptors (Lipinski definition) is 6. The van der Waals surface area contributed by atoms with Crippen molar-refractivity contribution in [3.05, 3.63) is 59.2 Å². The number of fused-ring (bicyclic) bond motifs is 2. The minimum atomic E-state index is 0.277. The summed E-state index contributed by atoms with van der Waals surface area (Å²) >= 11 is 0. The molecular weight excluding hydrogens is 400 g/mol. The summed E-state index contributed by atoms with van der Waals surface area (Å²) in [6, 6.07) is 8.51. The number of rotatable bonds is 3. The molecule has 2 aromatic heterocycles. The van der Waals surface area contributed by atoms with Gasteiger partial charge in [0.25, 0.3) is 0 Å². The standard InChI is InChI=1S/C26H30N4O2/c1-17-11-19(14-27-25(17)31-4)18-5-6-23-20(12-18)15-30(9-10-32-23)24-21-13-26(2,3)8-7-22(21)28-16-29-24/h5-6,11-12,14,16H,7-10,13,15H2,1-4H3. The summed E-state index contributed by atoms with van der Waals surface area (Å²) in [6.07, 6.45) is 6.79. The number of pyridine rings is 1. The zero-order valence-corrected chi connectivity index (χ0v) is 19.3. The summed E-state index contributed by atoms with van der Waals surface area (Å²) in [6.45, 7) is 8.89. The number of aryl methyl sites for hydroxylation is 2. The minimum Gasteiger partial charge on any atom is -0.491 e. The molecule has 0 amide bonds. The molecule has 166 valence electrons. The molecule has 0 atom stereocenters. The number of nitrogens with zero attached hydrogens (tertiary/aromatic N) is 4. The summed E-state index contributed by atoms with van der Waals surface area (Å²) in [7, 11) is 1.65. The second kappa shape index (κ2) is 8.08. The van der Waals surface area contributed by atoms with Crippen LogP contribution in [0, 0.1) is 12.3 Å². The van der Waals surface area contributed by atoms with E-state index in [-0.39, 0.29) is 5.41 Å². The molecule has 0 bridgehead atoms. The van der Waals surface area contributed by atoms with Crippen molar-refractivity contribution in [2.45, 2.75) is 46.6 Å². The Kier molecular flexibility index (Phi) is 5.24. The Balaban J connectivity index is 1.49. The molecule has 0 N–H and O–H groups in total. The fraction of sp³-hybridized carbons (Fsp3) is 0.423. The topological polar surface area (TPSA) is 60.4 Å². The molecule has 6 nitrogen and oxygen atoms in total. The first kappa shape index (κ1) is 20.7. The van der Waals surface area contributed by atoms with Crippen LogP contribution in [0.2, 0.25) is 0 Å². The molecule has 0 spiro atoms. The van der Waals surface area contributed by atoms with E-state index < -0.39 is 0 Å². The van der Waals surface area contributed by atoms with Crippen LogP contribution in [0.25, 0.3) is 11.1 Å². The number of anilines is 1. The van der Waals surface area contributed by atoms with E-state index in [4.69, 9.17) is 14.5 Å². The van der Waals surface area contributed by atoms with Crippen molar-refractivity contribution < 1.29 is 9.47 Å². The summed E-state index contributed by atoms with van der Waals surface area (Å²) < 4.78 is 11.4. The van der Waals surface area contributed by atoms with Crippen LogP contribution in [0.5, 0.6) is 11.6 Å². The number of methoxy groups -OCH3 is 1. The Morgan fingerprint density at radius 1 is 1.09 bits per heavy atom. The van der Waals surface area contributed by atoms with Gasteiger partial charge < -0.3 is 14.4 Å². The van der Waals surface area contributed by atoms with Crippen LogP contribution >= 0.6 is 0 Å². The average molecular weight is 431 g/mol. The minimum absolute atomic E-state index is 0.277. The van der Waals surface area contributed by atoms with Gasteiger partial charge >= 0.3 is 0 Å². The molecule has 6 heteroatoms. The predicted octanol–water partition coefficient (Wildman–Crippen LogP) is 4.77. The fourth-order valence-corrected chi connectivity index (χ4v) is 4.82. The number of aromatic nitrogens is 3. The fourth-order valence-electron chi connectivity index (χ4n) is 4.82. The van der Waals surface area contributed by atoms with Gasteiger partial charge in [-0.1, -0.05) is 19.9 Å². The van der Waals surface area contributed by atoms with Gasteiger partial charge in [0, 0.05) is 40.7 Å². The first-order valence-electron chi connectivity index (χ1n) is 11.3. The normalized spacial score (nSPS) is 17.1. The van der Waals surface area contributed by atoms with Gasteiger partial charge in [-0.05, 0) is 55.4 Å². The van der Waals surface area contributed by atoms with Gasteiger partial charge in [0.15, 0.2) is 0 Å². The van der Waals surface area contributed by atoms with Crippen LogP contribution in [0.3, 0.4) is 0 Å². The molecule has 1 aromatic carbocycles. The van der Waals surface area contributed by atoms with Crippen molar-refractivity contribution in [3.8, 4) is 22.8 Å². The Hall–Kier alpha value is -3.15. The summed E-state index contributed by atoms with van der Waals surface area (Å²) in [4.78, 5) is 16.1. The average Bonchev–Trinajstić information content (AvgIpc) is 3.00. The Morgan fingerprint density at radius 3 is 2.78 bits per heavy atom. The largest absolute Gasteiger partial charge is 0.491 e. The second-order valence-corrected chi connectivity index (χ2v) is 9.61. The quantitative estimate of drug-likeness (QED) is 0.597. The van der Waals surface area contributed by atoms with E-state index in [1.807, 2.05) is 13.1 Å². The highest BCUT2D eigenvalue weighted by Gasteiger charge is 2.30. The molecule has 0 saturated carbocycles. The third-order valence-electron chi connectivity index (χ3n) is 6.60. The lowest BCUT2D eigenvalue weighted by Gasteiger charge is -2.33. The first-order valence-corrected chi connectivity index (χ1v) is 11.3. The van der Waals surface area contributed by atoms with Gasteiger partial charge in [-0.3, -0.25) is 0 Å². The van der Waals surface area contributed by atoms with Crippen LogP contribution in [0.1, 0.15) is 42.7 Å². The third-order valence-corrected chi connectivity index (χ3v) is 6.60. The van der Waals surface area contributed by atoms with Gasteiger partial charge in [0.2, 0.25) is 5.88 Å². The van der Waals surface area contributed by atoms with Gasteiger partial charge in [0.05, 0.1) is 13.7 Å². The van der Waals surface area contributed by atoms with Crippen molar-refractivity contribution in [2.75, 3.05) is 25.2 Å². The highest BCUT2D eigenvalue weighted by atomic mass is 16.5. The molecule has 1 aliphatic heterocycles. The van der Waals surface area contributed by atoms with Crippen LogP contribution in [0.15, 0.2) is 36.8 Å². The SMILES string of the molecule is COc1ncc(-c2ccc3c(c2)CN(c2ncnc4c2CC(C)(C)CC4)CCO3)cc1C. The summed E-state index contributed by atoms with van der Waals surface area (Å²) in [5, 5.41) is 0. The maximum atomic E-state index is 6.12. The van der Waals surface area contributed by atoms with Crippen LogP contribution in [-0.2, 0) is 19.4 Å². The molecule has 0 saturated heterocycles. The second-order valence-electron chi connectivity index (χ2n) is 9.61. The van der Waals surface area contributed by atoms with E-state index in [1.54, 1.807) is 13.4 Å². The summed E-state index contributed by atoms with van der Waals surface area (Å²) in [5.41, 5.74) is 7.16. The molecule has 1 aliphatic carbocycles. The molecule has 32 heavy (non-hydrogen) atoms. The van der Waals surface area contributed by atoms with E-state index in [9.17, 15) is 0 Å². The van der Waals surface area contributed by atoms with E-state index in [0.29, 0.717) is 12.5 Å². The maximum absolute atomic E-state index is 6.12. The van der Waals surface area contributed by atoms with Crippen LogP contribution in [-0.4, -0.2) is 35.2 Å². The smallest absolute Gasteiger partial charge is 0.215 e. The lowest BCUT2D eigenvalue weighted by atomic mass is 9.76. The lowest BCUT2D eigenvalue weighted by Crippen LogP contribution is -2.31. The van der Waals surface area contributed by atoms with Gasteiger partial charge in [-0.15, -0.1) is 0 Å². The number of benzene rings is 1. The van der Waals surface area contributed by atoms with E-state index in [0.717, 1.165) is 59.8 Å². The number of hydrogen-bond donors (Lipinski definition) is 0. The maximum Gasteiger partial charge on any atom is 0.215 e. The van der Waals surface area contributed by atoms with Crippen LogP contribution < -0.4 is 14.4 Å². The molecule has 5 rings (SSSR count). The molecule has 0 unspecified atom stereocenters. The van der Waals surface area contributed by atoms with Crippen molar-refractivity contribution in [2.24, 2.45) is 5.41 Å². The highest BCUT2D eigenvalue weighted by molar-refractivity contribution is 5.67. The van der Waals surface area contributed by atoms with E-state index in [2.05, 4.69) is 53.0 Å².